The zero-order valence-corrected chi connectivity index (χ0v) is 15.0. The largest absolute Gasteiger partial charge is 0.496 e. The third-order valence-corrected chi connectivity index (χ3v) is 4.94. The fourth-order valence-corrected chi connectivity index (χ4v) is 3.34. The molecule has 0 unspecified atom stereocenters. The standard InChI is InChI=1S/C18H26N4O3/c1-19-7-10-22(18(19)24)14-17(23)21-11-8-20(9-12-21)13-15-5-3-4-6-16(15)25-2/h3-6H,7-14H2,1-2H3. The number of hydrogen-bond donors (Lipinski definition) is 0. The SMILES string of the molecule is COc1ccccc1CN1CCN(C(=O)CN2CCN(C)C2=O)CC1. The number of carbonyl (C=O) groups is 2. The molecule has 2 fully saturated rings. The Bertz CT molecular complexity index is 629. The Morgan fingerprint density at radius 1 is 1.08 bits per heavy atom. The molecule has 0 aliphatic carbocycles. The van der Waals surface area contributed by atoms with Crippen LogP contribution in [-0.4, -0.2) is 91.5 Å². The first-order chi connectivity index (χ1) is 12.1. The monoisotopic (exact) mass is 346 g/mol. The van der Waals surface area contributed by atoms with E-state index < -0.39 is 0 Å². The highest BCUT2D eigenvalue weighted by Crippen LogP contribution is 2.20. The van der Waals surface area contributed by atoms with E-state index in [9.17, 15) is 9.59 Å². The van der Waals surface area contributed by atoms with Crippen molar-refractivity contribution in [3.63, 3.8) is 0 Å². The van der Waals surface area contributed by atoms with Gasteiger partial charge in [-0.2, -0.15) is 0 Å². The number of para-hydroxylation sites is 1. The van der Waals surface area contributed by atoms with Crippen LogP contribution in [0.25, 0.3) is 0 Å². The van der Waals surface area contributed by atoms with Gasteiger partial charge in [0.25, 0.3) is 0 Å². The highest BCUT2D eigenvalue weighted by atomic mass is 16.5. The predicted molar refractivity (Wildman–Crippen MR) is 94.5 cm³/mol. The maximum Gasteiger partial charge on any atom is 0.320 e. The maximum atomic E-state index is 12.4. The van der Waals surface area contributed by atoms with Gasteiger partial charge in [-0.15, -0.1) is 0 Å². The van der Waals surface area contributed by atoms with Gasteiger partial charge in [-0.25, -0.2) is 4.79 Å². The van der Waals surface area contributed by atoms with Crippen LogP contribution < -0.4 is 4.74 Å². The van der Waals surface area contributed by atoms with Gasteiger partial charge in [-0.05, 0) is 6.07 Å². The number of rotatable bonds is 5. The van der Waals surface area contributed by atoms with Crippen molar-refractivity contribution in [3.05, 3.63) is 29.8 Å². The molecule has 0 bridgehead atoms. The second-order valence-corrected chi connectivity index (χ2v) is 6.59. The molecule has 3 rings (SSSR count). The van der Waals surface area contributed by atoms with E-state index in [1.54, 1.807) is 24.0 Å². The van der Waals surface area contributed by atoms with Crippen LogP contribution in [0.3, 0.4) is 0 Å². The molecular formula is C18H26N4O3. The van der Waals surface area contributed by atoms with Crippen LogP contribution >= 0.6 is 0 Å². The molecule has 7 heteroatoms. The fourth-order valence-electron chi connectivity index (χ4n) is 3.34. The zero-order chi connectivity index (χ0) is 17.8. The molecule has 0 saturated carbocycles. The number of carbonyl (C=O) groups excluding carboxylic acids is 2. The Hall–Kier alpha value is -2.28. The van der Waals surface area contributed by atoms with E-state index in [1.807, 2.05) is 23.1 Å². The zero-order valence-electron chi connectivity index (χ0n) is 15.0. The van der Waals surface area contributed by atoms with Crippen LogP contribution in [0.1, 0.15) is 5.56 Å². The molecule has 1 aromatic rings. The summed E-state index contributed by atoms with van der Waals surface area (Å²) in [5, 5.41) is 0. The second-order valence-electron chi connectivity index (χ2n) is 6.59. The average Bonchev–Trinajstić information content (AvgIpc) is 2.95. The Kier molecular flexibility index (Phi) is 5.43. The summed E-state index contributed by atoms with van der Waals surface area (Å²) in [5.41, 5.74) is 1.16. The molecule has 0 N–H and O–H groups in total. The molecular weight excluding hydrogens is 320 g/mol. The molecule has 0 radical (unpaired) electrons. The number of ether oxygens (including phenoxy) is 1. The van der Waals surface area contributed by atoms with Crippen molar-refractivity contribution in [2.24, 2.45) is 0 Å². The third-order valence-electron chi connectivity index (χ3n) is 4.94. The molecule has 2 aliphatic heterocycles. The molecule has 0 aromatic heterocycles. The Labute approximate surface area is 148 Å². The van der Waals surface area contributed by atoms with Gasteiger partial charge < -0.3 is 19.4 Å². The number of benzene rings is 1. The topological polar surface area (TPSA) is 56.3 Å². The number of urea groups is 1. The van der Waals surface area contributed by atoms with Crippen molar-refractivity contribution in [1.29, 1.82) is 0 Å². The number of nitrogens with zero attached hydrogens (tertiary/aromatic N) is 4. The highest BCUT2D eigenvalue weighted by molar-refractivity contribution is 5.85. The smallest absolute Gasteiger partial charge is 0.320 e. The number of piperazine rings is 1. The van der Waals surface area contributed by atoms with E-state index >= 15 is 0 Å². The lowest BCUT2D eigenvalue weighted by molar-refractivity contribution is -0.133. The van der Waals surface area contributed by atoms with Crippen LogP contribution in [0.2, 0.25) is 0 Å². The van der Waals surface area contributed by atoms with Crippen LogP contribution in [0, 0.1) is 0 Å². The summed E-state index contributed by atoms with van der Waals surface area (Å²) in [6.45, 7) is 5.40. The first kappa shape index (κ1) is 17.5. The van der Waals surface area contributed by atoms with Crippen LogP contribution in [-0.2, 0) is 11.3 Å². The summed E-state index contributed by atoms with van der Waals surface area (Å²) in [7, 11) is 3.45. The van der Waals surface area contributed by atoms with Gasteiger partial charge in [0.05, 0.1) is 7.11 Å². The van der Waals surface area contributed by atoms with E-state index in [0.717, 1.165) is 30.9 Å². The normalized spacial score (nSPS) is 18.8. The summed E-state index contributed by atoms with van der Waals surface area (Å²) in [4.78, 5) is 31.8. The fraction of sp³-hybridized carbons (Fsp3) is 0.556. The van der Waals surface area contributed by atoms with E-state index in [1.165, 1.54) is 0 Å². The van der Waals surface area contributed by atoms with Gasteiger partial charge >= 0.3 is 6.03 Å². The summed E-state index contributed by atoms with van der Waals surface area (Å²) >= 11 is 0. The number of methoxy groups -OCH3 is 1. The van der Waals surface area contributed by atoms with Gasteiger partial charge in [0.2, 0.25) is 5.91 Å². The lowest BCUT2D eigenvalue weighted by atomic mass is 10.1. The summed E-state index contributed by atoms with van der Waals surface area (Å²) in [6, 6.07) is 7.98. The molecule has 7 nitrogen and oxygen atoms in total. The lowest BCUT2D eigenvalue weighted by Crippen LogP contribution is -2.51. The van der Waals surface area contributed by atoms with Crippen molar-refractivity contribution in [1.82, 2.24) is 19.6 Å². The molecule has 25 heavy (non-hydrogen) atoms. The molecule has 136 valence electrons. The van der Waals surface area contributed by atoms with Gasteiger partial charge in [-0.1, -0.05) is 18.2 Å². The average molecular weight is 346 g/mol. The third kappa shape index (κ3) is 4.04. The minimum Gasteiger partial charge on any atom is -0.496 e. The molecule has 1 aromatic carbocycles. The summed E-state index contributed by atoms with van der Waals surface area (Å²) in [6.07, 6.45) is 0. The summed E-state index contributed by atoms with van der Waals surface area (Å²) < 4.78 is 5.41. The molecule has 3 amide bonds. The Morgan fingerprint density at radius 3 is 2.44 bits per heavy atom. The first-order valence-electron chi connectivity index (χ1n) is 8.70. The first-order valence-corrected chi connectivity index (χ1v) is 8.70. The minimum atomic E-state index is -0.0526. The van der Waals surface area contributed by atoms with Gasteiger partial charge in [-0.3, -0.25) is 9.69 Å². The van der Waals surface area contributed by atoms with Gasteiger partial charge in [0.15, 0.2) is 0 Å². The number of hydrogen-bond acceptors (Lipinski definition) is 4. The molecule has 0 spiro atoms. The molecule has 2 saturated heterocycles. The van der Waals surface area contributed by atoms with Crippen molar-refractivity contribution in [3.8, 4) is 5.75 Å². The summed E-state index contributed by atoms with van der Waals surface area (Å²) in [5.74, 6) is 0.943. The van der Waals surface area contributed by atoms with E-state index in [-0.39, 0.29) is 18.5 Å². The Morgan fingerprint density at radius 2 is 1.80 bits per heavy atom. The minimum absolute atomic E-state index is 0.0422. The molecule has 0 atom stereocenters. The van der Waals surface area contributed by atoms with Crippen LogP contribution in [0.4, 0.5) is 4.79 Å². The van der Waals surface area contributed by atoms with Gasteiger partial charge in [0, 0.05) is 58.4 Å². The van der Waals surface area contributed by atoms with Crippen molar-refractivity contribution in [2.45, 2.75) is 6.54 Å². The van der Waals surface area contributed by atoms with Crippen molar-refractivity contribution in [2.75, 3.05) is 60.0 Å². The van der Waals surface area contributed by atoms with Gasteiger partial charge in [0.1, 0.15) is 12.3 Å². The quantitative estimate of drug-likeness (QED) is 0.788. The Balaban J connectivity index is 1.48. The number of amides is 3. The number of likely N-dealkylation sites (N-methyl/N-ethyl adjacent to an activating group) is 1. The van der Waals surface area contributed by atoms with Crippen LogP contribution in [0.5, 0.6) is 5.75 Å². The van der Waals surface area contributed by atoms with E-state index in [0.29, 0.717) is 26.2 Å². The predicted octanol–water partition coefficient (Wildman–Crippen LogP) is 0.707. The van der Waals surface area contributed by atoms with Crippen molar-refractivity contribution >= 4 is 11.9 Å². The highest BCUT2D eigenvalue weighted by Gasteiger charge is 2.29. The second kappa shape index (κ2) is 7.74. The lowest BCUT2D eigenvalue weighted by Gasteiger charge is -2.35. The maximum absolute atomic E-state index is 12.4. The molecule has 2 aliphatic rings. The van der Waals surface area contributed by atoms with E-state index in [2.05, 4.69) is 11.0 Å². The van der Waals surface area contributed by atoms with E-state index in [4.69, 9.17) is 4.74 Å². The van der Waals surface area contributed by atoms with Crippen molar-refractivity contribution < 1.29 is 14.3 Å². The molecule has 2 heterocycles. The van der Waals surface area contributed by atoms with Crippen LogP contribution in [0.15, 0.2) is 24.3 Å².